The molecule has 3 aliphatic heterocycles. The molecule has 0 aromatic heterocycles. The van der Waals surface area contributed by atoms with Crippen molar-refractivity contribution in [3.05, 3.63) is 24.3 Å². The average molecular weight is 1300 g/mol. The number of carbonyl (C=O) groups excluding carboxylic acids is 4. The second-order valence-corrected chi connectivity index (χ2v) is 25.1. The Bertz CT molecular complexity index is 2040. The lowest BCUT2D eigenvalue weighted by Gasteiger charge is -2.48. The van der Waals surface area contributed by atoms with Gasteiger partial charge in [0.25, 0.3) is 0 Å². The third-order valence-corrected chi connectivity index (χ3v) is 16.8. The molecule has 0 radical (unpaired) electrons. The highest BCUT2D eigenvalue weighted by Crippen LogP contribution is 2.44. The van der Waals surface area contributed by atoms with E-state index in [0.29, 0.717) is 25.7 Å². The van der Waals surface area contributed by atoms with Gasteiger partial charge in [0, 0.05) is 39.0 Å². The van der Waals surface area contributed by atoms with Gasteiger partial charge in [-0.25, -0.2) is 0 Å². The number of aliphatic hydroxyl groups is 10. The van der Waals surface area contributed by atoms with Crippen LogP contribution in [0.2, 0.25) is 0 Å². The van der Waals surface area contributed by atoms with Crippen molar-refractivity contribution >= 4 is 31.3 Å². The lowest BCUT2D eigenvalue weighted by atomic mass is 9.96. The molecule has 3 heterocycles. The summed E-state index contributed by atoms with van der Waals surface area (Å²) in [4.78, 5) is 51.3. The molecule has 0 aliphatic carbocycles. The van der Waals surface area contributed by atoms with Crippen molar-refractivity contribution in [1.29, 1.82) is 0 Å². The first kappa shape index (κ1) is 80.1. The van der Waals surface area contributed by atoms with Crippen molar-refractivity contribution in [2.45, 2.75) is 267 Å². The Balaban J connectivity index is 1.35. The van der Waals surface area contributed by atoms with Gasteiger partial charge in [-0.1, -0.05) is 115 Å². The van der Waals surface area contributed by atoms with Gasteiger partial charge in [0.05, 0.1) is 45.6 Å². The largest absolute Gasteiger partial charge is 0.461 e. The van der Waals surface area contributed by atoms with Crippen molar-refractivity contribution in [1.82, 2.24) is 10.6 Å². The van der Waals surface area contributed by atoms with Crippen LogP contribution in [0.15, 0.2) is 24.3 Å². The summed E-state index contributed by atoms with van der Waals surface area (Å²) in [5.74, 6) is -2.13. The zero-order valence-electron chi connectivity index (χ0n) is 52.8. The van der Waals surface area contributed by atoms with E-state index < -0.39 is 143 Å². The molecule has 3 aliphatic rings. The first-order chi connectivity index (χ1) is 42.7. The summed E-state index contributed by atoms with van der Waals surface area (Å²) in [5.41, 5.74) is 0. The van der Waals surface area contributed by atoms with Crippen molar-refractivity contribution in [2.75, 3.05) is 66.0 Å². The van der Waals surface area contributed by atoms with Crippen LogP contribution in [0.5, 0.6) is 0 Å². The Hall–Kier alpha value is -3.13. The molecule has 3 rings (SSSR count). The molecule has 0 aromatic carbocycles. The Kier molecular flexibility index (Phi) is 41.4. The SMILES string of the molecule is C/C=C/C(CCCCCC)C(=O)OC[C@@H](COP(C)(=O)OCCNC(=O)CCCCC(=O)NCCO[C@@H]1OC(CO)[C@@H](O[C@@H]2OC(CO)[C@H](O[C@H]3OC(CO)[C@H](O)[C@H](O)C3O)[C@H](O)C2O)[C@H](O)C1O)OC(=O)CCCCCCC/C=C\CCCCCCCC. The number of allylic oxidation sites excluding steroid dienone is 3. The Morgan fingerprint density at radius 2 is 1.01 bits per heavy atom. The van der Waals surface area contributed by atoms with E-state index in [1.54, 1.807) is 12.2 Å². The van der Waals surface area contributed by atoms with Crippen LogP contribution in [0.25, 0.3) is 0 Å². The van der Waals surface area contributed by atoms with E-state index in [1.165, 1.54) is 45.2 Å². The highest BCUT2D eigenvalue weighted by molar-refractivity contribution is 7.52. The quantitative estimate of drug-likeness (QED) is 0.0180. The second-order valence-electron chi connectivity index (χ2n) is 23.0. The van der Waals surface area contributed by atoms with Gasteiger partial charge in [-0.05, 0) is 58.3 Å². The molecule has 27 nitrogen and oxygen atoms in total. The molecule has 518 valence electrons. The lowest BCUT2D eigenvalue weighted by molar-refractivity contribution is -0.379. The molecule has 28 heteroatoms. The minimum atomic E-state index is -3.74. The van der Waals surface area contributed by atoms with Crippen LogP contribution in [-0.4, -0.2) is 239 Å². The van der Waals surface area contributed by atoms with Crippen LogP contribution in [0, 0.1) is 5.92 Å². The minimum Gasteiger partial charge on any atom is -0.461 e. The Morgan fingerprint density at radius 3 is 1.56 bits per heavy atom. The zero-order chi connectivity index (χ0) is 65.6. The van der Waals surface area contributed by atoms with Gasteiger partial charge in [0.1, 0.15) is 79.9 Å². The molecule has 2 amide bonds. The normalized spacial score (nSPS) is 28.8. The molecule has 89 heavy (non-hydrogen) atoms. The summed E-state index contributed by atoms with van der Waals surface area (Å²) >= 11 is 0. The van der Waals surface area contributed by atoms with E-state index in [9.17, 15) is 74.8 Å². The zero-order valence-corrected chi connectivity index (χ0v) is 53.7. The van der Waals surface area contributed by atoms with E-state index in [0.717, 1.165) is 64.2 Å². The maximum absolute atomic E-state index is 13.3. The van der Waals surface area contributed by atoms with Crippen LogP contribution in [0.1, 0.15) is 168 Å². The molecular formula is C61H109N2O25P. The summed E-state index contributed by atoms with van der Waals surface area (Å²) in [6.07, 6.45) is 1.42. The van der Waals surface area contributed by atoms with Gasteiger partial charge in [-0.15, -0.1) is 0 Å². The molecule has 18 atom stereocenters. The standard InChI is InChI=1S/C61H109N2O25P/c1-5-8-10-12-13-14-15-16-17-18-19-20-21-22-24-31-48(69)83-42(39-80-58(77)41(27-7-3)28-23-11-9-6-2)40-82-89(4,78)81-35-33-63-47(68)30-26-25-29-46(67)62-32-34-79-59-54(75)51(72)56(44(37-65)85-59)88-61-55(76)52(73)57(45(38-66)86-61)87-60-53(74)50(71)49(70)43(36-64)84-60/h7,16-17,27,41-45,49-57,59-61,64-66,70-76H,5-6,8-15,18-26,28-40H2,1-4H3,(H,62,67)(H,63,68)/b17-16-,27-7+/t41?,42-,43?,44?,45?,49-,50-,51+,52+,53?,54?,55?,56+,57-,59+,60+,61-,89?/m0/s1. The number of amides is 2. The highest BCUT2D eigenvalue weighted by atomic mass is 31.2. The number of esters is 2. The third kappa shape index (κ3) is 30.7. The van der Waals surface area contributed by atoms with E-state index in [-0.39, 0.29) is 70.6 Å². The molecule has 8 unspecified atom stereocenters. The van der Waals surface area contributed by atoms with Crippen molar-refractivity contribution in [3.63, 3.8) is 0 Å². The fourth-order valence-electron chi connectivity index (χ4n) is 10.3. The molecule has 12 N–H and O–H groups in total. The predicted octanol–water partition coefficient (Wildman–Crippen LogP) is 2.76. The van der Waals surface area contributed by atoms with Crippen LogP contribution in [0.3, 0.4) is 0 Å². The maximum atomic E-state index is 13.3. The van der Waals surface area contributed by atoms with E-state index >= 15 is 0 Å². The van der Waals surface area contributed by atoms with Gasteiger partial charge < -0.3 is 109 Å². The average Bonchev–Trinajstić information content (AvgIpc) is 0.935. The molecule has 3 saturated heterocycles. The molecule has 0 saturated carbocycles. The van der Waals surface area contributed by atoms with E-state index in [4.69, 9.17) is 46.9 Å². The molecule has 0 aromatic rings. The fraction of sp³-hybridized carbons (Fsp3) is 0.869. The smallest absolute Gasteiger partial charge is 0.327 e. The summed E-state index contributed by atoms with van der Waals surface area (Å²) in [7, 11) is -3.74. The van der Waals surface area contributed by atoms with Crippen LogP contribution >= 0.6 is 7.60 Å². The number of hydrogen-bond acceptors (Lipinski definition) is 25. The highest BCUT2D eigenvalue weighted by Gasteiger charge is 2.53. The number of aliphatic hydroxyl groups excluding tert-OH is 10. The maximum Gasteiger partial charge on any atom is 0.327 e. The van der Waals surface area contributed by atoms with Gasteiger partial charge in [0.2, 0.25) is 11.8 Å². The first-order valence-corrected chi connectivity index (χ1v) is 34.3. The molecule has 3 fully saturated rings. The summed E-state index contributed by atoms with van der Waals surface area (Å²) < 4.78 is 69.1. The Morgan fingerprint density at radius 1 is 0.539 bits per heavy atom. The first-order valence-electron chi connectivity index (χ1n) is 32.3. The van der Waals surface area contributed by atoms with Crippen molar-refractivity contribution in [3.8, 4) is 0 Å². The monoisotopic (exact) mass is 1300 g/mol. The van der Waals surface area contributed by atoms with Crippen LogP contribution < -0.4 is 10.6 Å². The third-order valence-electron chi connectivity index (χ3n) is 15.5. The topological polar surface area (TPSA) is 404 Å². The van der Waals surface area contributed by atoms with Crippen LogP contribution in [0.4, 0.5) is 0 Å². The lowest BCUT2D eigenvalue weighted by Crippen LogP contribution is -2.66. The molecule has 0 bridgehead atoms. The summed E-state index contributed by atoms with van der Waals surface area (Å²) in [6, 6.07) is 0. The number of ether oxygens (including phenoxy) is 8. The second kappa shape index (κ2) is 46.0. The number of hydrogen-bond donors (Lipinski definition) is 12. The van der Waals surface area contributed by atoms with Crippen molar-refractivity contribution in [2.24, 2.45) is 5.92 Å². The summed E-state index contributed by atoms with van der Waals surface area (Å²) in [5, 5.41) is 109. The van der Waals surface area contributed by atoms with Crippen molar-refractivity contribution < 1.29 is 122 Å². The van der Waals surface area contributed by atoms with Crippen LogP contribution in [-0.2, 0) is 70.7 Å². The number of unbranched alkanes of at least 4 members (excludes halogenated alkanes) is 15. The number of carbonyl (C=O) groups is 4. The van der Waals surface area contributed by atoms with Gasteiger partial charge >= 0.3 is 19.5 Å². The Labute approximate surface area is 525 Å². The number of nitrogens with one attached hydrogen (secondary N) is 2. The van der Waals surface area contributed by atoms with Gasteiger partial charge in [-0.2, -0.15) is 0 Å². The van der Waals surface area contributed by atoms with Gasteiger partial charge in [-0.3, -0.25) is 23.7 Å². The molecule has 0 spiro atoms. The molecular weight excluding hydrogens is 1190 g/mol. The van der Waals surface area contributed by atoms with Gasteiger partial charge in [0.15, 0.2) is 25.0 Å². The summed E-state index contributed by atoms with van der Waals surface area (Å²) in [6.45, 7) is 3.79. The number of rotatable bonds is 48. The minimum absolute atomic E-state index is 0.0107. The fourth-order valence-corrected chi connectivity index (χ4v) is 11.2. The predicted molar refractivity (Wildman–Crippen MR) is 322 cm³/mol. The van der Waals surface area contributed by atoms with E-state index in [1.807, 2.05) is 6.92 Å². The van der Waals surface area contributed by atoms with E-state index in [2.05, 4.69) is 36.6 Å².